The molecule has 1 atom stereocenters. The summed E-state index contributed by atoms with van der Waals surface area (Å²) >= 11 is 0. The van der Waals surface area contributed by atoms with Gasteiger partial charge in [0.2, 0.25) is 0 Å². The average molecular weight is 299 g/mol. The van der Waals surface area contributed by atoms with Gasteiger partial charge in [-0.2, -0.15) is 0 Å². The number of aromatic nitrogens is 1. The molecule has 0 amide bonds. The van der Waals surface area contributed by atoms with Crippen molar-refractivity contribution in [3.05, 3.63) is 78.4 Å². The van der Waals surface area contributed by atoms with Crippen LogP contribution >= 0.6 is 0 Å². The lowest BCUT2D eigenvalue weighted by atomic mass is 9.97. The minimum Gasteiger partial charge on any atom is -0.309 e. The molecule has 23 heavy (non-hydrogen) atoms. The van der Waals surface area contributed by atoms with Crippen LogP contribution in [0.2, 0.25) is 0 Å². The van der Waals surface area contributed by atoms with Gasteiger partial charge >= 0.3 is 0 Å². The van der Waals surface area contributed by atoms with Crippen LogP contribution in [0.4, 0.5) is 0 Å². The molecule has 3 aromatic carbocycles. The highest BCUT2D eigenvalue weighted by atomic mass is 15.0. The van der Waals surface area contributed by atoms with Crippen LogP contribution in [0.1, 0.15) is 31.7 Å². The monoisotopic (exact) mass is 299 g/mol. The zero-order valence-corrected chi connectivity index (χ0v) is 13.7. The quantitative estimate of drug-likeness (QED) is 0.418. The van der Waals surface area contributed by atoms with Crippen molar-refractivity contribution in [1.29, 1.82) is 0 Å². The summed E-state index contributed by atoms with van der Waals surface area (Å²) in [7, 11) is 0. The first-order valence-electron chi connectivity index (χ1n) is 8.38. The van der Waals surface area contributed by atoms with E-state index in [1.807, 2.05) is 0 Å². The van der Waals surface area contributed by atoms with E-state index in [9.17, 15) is 0 Å². The third kappa shape index (κ3) is 2.24. The Morgan fingerprint density at radius 1 is 0.783 bits per heavy atom. The molecule has 0 spiro atoms. The zero-order chi connectivity index (χ0) is 15.8. The third-order valence-electron chi connectivity index (χ3n) is 4.89. The van der Waals surface area contributed by atoms with E-state index in [1.54, 1.807) is 0 Å². The Morgan fingerprint density at radius 3 is 2.26 bits per heavy atom. The molecule has 0 radical (unpaired) electrons. The SMILES string of the molecule is CCC(C)c1ccc2c3ccccc3n(-c3ccccc3)c2c1. The Balaban J connectivity index is 2.11. The van der Waals surface area contributed by atoms with E-state index >= 15 is 0 Å². The van der Waals surface area contributed by atoms with Gasteiger partial charge in [0, 0.05) is 16.5 Å². The molecule has 0 aliphatic carbocycles. The predicted molar refractivity (Wildman–Crippen MR) is 99.5 cm³/mol. The van der Waals surface area contributed by atoms with Crippen molar-refractivity contribution in [2.75, 3.05) is 0 Å². The van der Waals surface area contributed by atoms with E-state index in [0.29, 0.717) is 5.92 Å². The average Bonchev–Trinajstić information content (AvgIpc) is 2.95. The van der Waals surface area contributed by atoms with E-state index in [2.05, 4.69) is 91.2 Å². The van der Waals surface area contributed by atoms with E-state index in [1.165, 1.54) is 33.1 Å². The molecule has 4 rings (SSSR count). The summed E-state index contributed by atoms with van der Waals surface area (Å²) in [5.41, 5.74) is 5.21. The molecule has 1 aromatic heterocycles. The summed E-state index contributed by atoms with van der Waals surface area (Å²) in [5.74, 6) is 0.585. The molecule has 1 heterocycles. The lowest BCUT2D eigenvalue weighted by Crippen LogP contribution is -1.95. The molecule has 0 saturated heterocycles. The molecule has 4 aromatic rings. The van der Waals surface area contributed by atoms with Crippen molar-refractivity contribution >= 4 is 21.8 Å². The highest BCUT2D eigenvalue weighted by molar-refractivity contribution is 6.09. The van der Waals surface area contributed by atoms with E-state index in [4.69, 9.17) is 0 Å². The summed E-state index contributed by atoms with van der Waals surface area (Å²) < 4.78 is 2.39. The minimum atomic E-state index is 0.585. The van der Waals surface area contributed by atoms with Crippen molar-refractivity contribution in [3.63, 3.8) is 0 Å². The maximum absolute atomic E-state index is 2.39. The molecule has 0 aliphatic rings. The van der Waals surface area contributed by atoms with Crippen LogP contribution in [0.3, 0.4) is 0 Å². The second-order valence-corrected chi connectivity index (χ2v) is 6.27. The van der Waals surface area contributed by atoms with Crippen LogP contribution in [0.5, 0.6) is 0 Å². The van der Waals surface area contributed by atoms with Gasteiger partial charge in [-0.15, -0.1) is 0 Å². The molecule has 1 unspecified atom stereocenters. The Kier molecular flexibility index (Phi) is 3.42. The molecule has 1 nitrogen and oxygen atoms in total. The first-order chi connectivity index (χ1) is 11.3. The van der Waals surface area contributed by atoms with Gasteiger partial charge in [0.05, 0.1) is 11.0 Å². The Hall–Kier alpha value is -2.54. The van der Waals surface area contributed by atoms with E-state index in [0.717, 1.165) is 6.42 Å². The lowest BCUT2D eigenvalue weighted by molar-refractivity contribution is 0.734. The fraction of sp³-hybridized carbons (Fsp3) is 0.182. The summed E-state index contributed by atoms with van der Waals surface area (Å²) in [6.45, 7) is 4.55. The van der Waals surface area contributed by atoms with Crippen LogP contribution in [0.25, 0.3) is 27.5 Å². The molecular formula is C22H21N. The number of nitrogens with zero attached hydrogens (tertiary/aromatic N) is 1. The van der Waals surface area contributed by atoms with Gasteiger partial charge in [-0.1, -0.05) is 62.4 Å². The minimum absolute atomic E-state index is 0.585. The van der Waals surface area contributed by atoms with Crippen molar-refractivity contribution in [2.24, 2.45) is 0 Å². The van der Waals surface area contributed by atoms with E-state index in [-0.39, 0.29) is 0 Å². The molecule has 1 heteroatoms. The number of benzene rings is 3. The van der Waals surface area contributed by atoms with Crippen molar-refractivity contribution < 1.29 is 0 Å². The normalized spacial score (nSPS) is 12.8. The first-order valence-corrected chi connectivity index (χ1v) is 8.38. The second-order valence-electron chi connectivity index (χ2n) is 6.27. The van der Waals surface area contributed by atoms with Gasteiger partial charge in [-0.05, 0) is 42.2 Å². The van der Waals surface area contributed by atoms with Crippen LogP contribution < -0.4 is 0 Å². The zero-order valence-electron chi connectivity index (χ0n) is 13.7. The van der Waals surface area contributed by atoms with Gasteiger partial charge in [0.15, 0.2) is 0 Å². The van der Waals surface area contributed by atoms with Crippen LogP contribution in [-0.2, 0) is 0 Å². The lowest BCUT2D eigenvalue weighted by Gasteiger charge is -2.11. The van der Waals surface area contributed by atoms with Gasteiger partial charge in [-0.25, -0.2) is 0 Å². The molecule has 0 aliphatic heterocycles. The number of rotatable bonds is 3. The maximum atomic E-state index is 2.39. The smallest absolute Gasteiger partial charge is 0.0543 e. The van der Waals surface area contributed by atoms with Crippen LogP contribution in [0, 0.1) is 0 Å². The molecule has 0 fully saturated rings. The van der Waals surface area contributed by atoms with Gasteiger partial charge < -0.3 is 4.57 Å². The van der Waals surface area contributed by atoms with Crippen molar-refractivity contribution in [3.8, 4) is 5.69 Å². The van der Waals surface area contributed by atoms with Crippen molar-refractivity contribution in [2.45, 2.75) is 26.2 Å². The standard InChI is InChI=1S/C22H21N/c1-3-16(2)17-13-14-20-19-11-7-8-12-21(19)23(22(20)15-17)18-9-5-4-6-10-18/h4-16H,3H2,1-2H3. The highest BCUT2D eigenvalue weighted by Crippen LogP contribution is 2.34. The van der Waals surface area contributed by atoms with E-state index < -0.39 is 0 Å². The van der Waals surface area contributed by atoms with Gasteiger partial charge in [0.1, 0.15) is 0 Å². The Morgan fingerprint density at radius 2 is 1.48 bits per heavy atom. The summed E-state index contributed by atoms with van der Waals surface area (Å²) in [6.07, 6.45) is 1.16. The van der Waals surface area contributed by atoms with Crippen molar-refractivity contribution in [1.82, 2.24) is 4.57 Å². The predicted octanol–water partition coefficient (Wildman–Crippen LogP) is 6.30. The molecule has 0 saturated carbocycles. The Bertz CT molecular complexity index is 963. The highest BCUT2D eigenvalue weighted by Gasteiger charge is 2.13. The number of fused-ring (bicyclic) bond motifs is 3. The van der Waals surface area contributed by atoms with Crippen LogP contribution in [-0.4, -0.2) is 4.57 Å². The second kappa shape index (κ2) is 5.58. The summed E-state index contributed by atoms with van der Waals surface area (Å²) in [4.78, 5) is 0. The first kappa shape index (κ1) is 14.1. The molecular weight excluding hydrogens is 278 g/mol. The fourth-order valence-corrected chi connectivity index (χ4v) is 3.39. The third-order valence-corrected chi connectivity index (χ3v) is 4.89. The van der Waals surface area contributed by atoms with Gasteiger partial charge in [0.25, 0.3) is 0 Å². The summed E-state index contributed by atoms with van der Waals surface area (Å²) in [5, 5.41) is 2.65. The topological polar surface area (TPSA) is 4.93 Å². The fourth-order valence-electron chi connectivity index (χ4n) is 3.39. The van der Waals surface area contributed by atoms with Gasteiger partial charge in [-0.3, -0.25) is 0 Å². The maximum Gasteiger partial charge on any atom is 0.0543 e. The molecule has 0 bridgehead atoms. The number of para-hydroxylation sites is 2. The number of hydrogen-bond acceptors (Lipinski definition) is 0. The Labute approximate surface area is 137 Å². The largest absolute Gasteiger partial charge is 0.309 e. The molecule has 0 N–H and O–H groups in total. The van der Waals surface area contributed by atoms with Crippen LogP contribution in [0.15, 0.2) is 72.8 Å². The summed E-state index contributed by atoms with van der Waals surface area (Å²) in [6, 6.07) is 26.3. The number of hydrogen-bond donors (Lipinski definition) is 0. The molecule has 114 valence electrons.